The van der Waals surface area contributed by atoms with E-state index in [9.17, 15) is 10.5 Å². The summed E-state index contributed by atoms with van der Waals surface area (Å²) in [5.41, 5.74) is 1.76. The van der Waals surface area contributed by atoms with E-state index in [1.54, 1.807) is 25.1 Å². The van der Waals surface area contributed by atoms with Crippen LogP contribution in [0, 0.1) is 29.6 Å². The first-order chi connectivity index (χ1) is 10.2. The maximum Gasteiger partial charge on any atom is 0.231 e. The van der Waals surface area contributed by atoms with Crippen molar-refractivity contribution in [1.82, 2.24) is 10.1 Å². The summed E-state index contributed by atoms with van der Waals surface area (Å²) < 4.78 is 5.23. The fourth-order valence-electron chi connectivity index (χ4n) is 2.71. The molecule has 6 heteroatoms. The molecule has 0 aliphatic carbocycles. The number of hydrogen-bond donors (Lipinski definition) is 0. The number of para-hydroxylation sites is 1. The number of aromatic nitrogens is 2. The normalized spacial score (nSPS) is 17.5. The first-order valence-corrected chi connectivity index (χ1v) is 6.71. The summed E-state index contributed by atoms with van der Waals surface area (Å²) in [5, 5.41) is 22.3. The molecule has 3 rings (SSSR count). The van der Waals surface area contributed by atoms with Gasteiger partial charge in [0.05, 0.1) is 22.7 Å². The second-order valence-corrected chi connectivity index (χ2v) is 5.04. The molecule has 1 unspecified atom stereocenters. The van der Waals surface area contributed by atoms with Gasteiger partial charge >= 0.3 is 0 Å². The molecule has 0 amide bonds. The third kappa shape index (κ3) is 2.32. The van der Waals surface area contributed by atoms with E-state index in [2.05, 4.69) is 27.2 Å². The molecule has 1 aliphatic heterocycles. The molecule has 1 aromatic carbocycles. The Balaban J connectivity index is 1.90. The van der Waals surface area contributed by atoms with Crippen LogP contribution in [0.25, 0.3) is 0 Å². The van der Waals surface area contributed by atoms with Crippen molar-refractivity contribution in [2.75, 3.05) is 18.0 Å². The van der Waals surface area contributed by atoms with Crippen molar-refractivity contribution >= 4 is 5.69 Å². The summed E-state index contributed by atoms with van der Waals surface area (Å²) in [6.45, 7) is 3.23. The molecule has 2 aromatic rings. The Morgan fingerprint density at radius 1 is 1.29 bits per heavy atom. The van der Waals surface area contributed by atoms with Gasteiger partial charge in [0, 0.05) is 13.1 Å². The van der Waals surface area contributed by atoms with Gasteiger partial charge < -0.3 is 9.42 Å². The lowest BCUT2D eigenvalue weighted by Crippen LogP contribution is -2.21. The SMILES string of the molecule is Cc1noc(C2CCN(c3c(C#N)cccc3C#N)C2)n1. The summed E-state index contributed by atoms with van der Waals surface area (Å²) in [6, 6.07) is 9.53. The number of aryl methyl sites for hydroxylation is 1. The van der Waals surface area contributed by atoms with Crippen molar-refractivity contribution in [2.24, 2.45) is 0 Å². The predicted octanol–water partition coefficient (Wildman–Crippen LogP) is 2.12. The molecule has 2 heterocycles. The summed E-state index contributed by atoms with van der Waals surface area (Å²) in [6.07, 6.45) is 0.867. The Morgan fingerprint density at radius 2 is 2.00 bits per heavy atom. The van der Waals surface area contributed by atoms with Crippen LogP contribution in [0.3, 0.4) is 0 Å². The Labute approximate surface area is 122 Å². The first kappa shape index (κ1) is 13.1. The Kier molecular flexibility index (Phi) is 3.29. The van der Waals surface area contributed by atoms with Crippen molar-refractivity contribution in [3.05, 3.63) is 41.0 Å². The summed E-state index contributed by atoms with van der Waals surface area (Å²) >= 11 is 0. The first-order valence-electron chi connectivity index (χ1n) is 6.71. The molecule has 1 aliphatic rings. The van der Waals surface area contributed by atoms with E-state index in [1.165, 1.54) is 0 Å². The fourth-order valence-corrected chi connectivity index (χ4v) is 2.71. The average Bonchev–Trinajstić information content (AvgIpc) is 3.14. The van der Waals surface area contributed by atoms with Crippen LogP contribution in [-0.4, -0.2) is 23.2 Å². The van der Waals surface area contributed by atoms with E-state index in [0.717, 1.165) is 13.0 Å². The Morgan fingerprint density at radius 3 is 2.57 bits per heavy atom. The van der Waals surface area contributed by atoms with E-state index < -0.39 is 0 Å². The maximum absolute atomic E-state index is 9.26. The molecule has 0 radical (unpaired) electrons. The summed E-state index contributed by atoms with van der Waals surface area (Å²) in [5.74, 6) is 1.39. The van der Waals surface area contributed by atoms with Gasteiger partial charge in [0.1, 0.15) is 12.1 Å². The van der Waals surface area contributed by atoms with Gasteiger partial charge in [0.25, 0.3) is 0 Å². The Hall–Kier alpha value is -2.86. The van der Waals surface area contributed by atoms with Crippen LogP contribution in [0.2, 0.25) is 0 Å². The summed E-state index contributed by atoms with van der Waals surface area (Å²) in [4.78, 5) is 6.33. The molecule has 1 atom stereocenters. The van der Waals surface area contributed by atoms with Crippen molar-refractivity contribution in [2.45, 2.75) is 19.3 Å². The number of rotatable bonds is 2. The van der Waals surface area contributed by atoms with Crippen LogP contribution in [-0.2, 0) is 0 Å². The topological polar surface area (TPSA) is 89.7 Å². The molecule has 0 N–H and O–H groups in total. The second-order valence-electron chi connectivity index (χ2n) is 5.04. The van der Waals surface area contributed by atoms with E-state index in [1.807, 2.05) is 0 Å². The van der Waals surface area contributed by atoms with Crippen LogP contribution < -0.4 is 4.90 Å². The zero-order valence-corrected chi connectivity index (χ0v) is 11.6. The van der Waals surface area contributed by atoms with Gasteiger partial charge in [-0.2, -0.15) is 15.5 Å². The predicted molar refractivity (Wildman–Crippen MR) is 74.5 cm³/mol. The van der Waals surface area contributed by atoms with Crippen LogP contribution in [0.15, 0.2) is 22.7 Å². The van der Waals surface area contributed by atoms with Gasteiger partial charge in [0.2, 0.25) is 5.89 Å². The number of hydrogen-bond acceptors (Lipinski definition) is 6. The third-order valence-corrected chi connectivity index (χ3v) is 3.67. The number of nitrogens with zero attached hydrogens (tertiary/aromatic N) is 5. The van der Waals surface area contributed by atoms with Crippen LogP contribution in [0.5, 0.6) is 0 Å². The lowest BCUT2D eigenvalue weighted by atomic mass is 10.1. The van der Waals surface area contributed by atoms with Gasteiger partial charge in [-0.1, -0.05) is 11.2 Å². The number of anilines is 1. The quantitative estimate of drug-likeness (QED) is 0.836. The number of benzene rings is 1. The fraction of sp³-hybridized carbons (Fsp3) is 0.333. The zero-order chi connectivity index (χ0) is 14.8. The molecule has 6 nitrogen and oxygen atoms in total. The molecule has 0 bridgehead atoms. The summed E-state index contributed by atoms with van der Waals surface area (Å²) in [7, 11) is 0. The van der Waals surface area contributed by atoms with Crippen molar-refractivity contribution < 1.29 is 4.52 Å². The third-order valence-electron chi connectivity index (χ3n) is 3.67. The van der Waals surface area contributed by atoms with E-state index in [-0.39, 0.29) is 5.92 Å². The standard InChI is InChI=1S/C15H13N5O/c1-10-18-15(21-19-10)13-5-6-20(9-13)14-11(7-16)3-2-4-12(14)8-17/h2-4,13H,5-6,9H2,1H3. The lowest BCUT2D eigenvalue weighted by molar-refractivity contribution is 0.356. The van der Waals surface area contributed by atoms with Crippen molar-refractivity contribution in [3.8, 4) is 12.1 Å². The molecule has 0 saturated carbocycles. The zero-order valence-electron chi connectivity index (χ0n) is 11.6. The smallest absolute Gasteiger partial charge is 0.231 e. The van der Waals surface area contributed by atoms with E-state index in [4.69, 9.17) is 4.52 Å². The van der Waals surface area contributed by atoms with E-state index in [0.29, 0.717) is 35.1 Å². The van der Waals surface area contributed by atoms with Crippen LogP contribution in [0.4, 0.5) is 5.69 Å². The minimum atomic E-state index is 0.143. The van der Waals surface area contributed by atoms with E-state index >= 15 is 0 Å². The van der Waals surface area contributed by atoms with Gasteiger partial charge in [-0.25, -0.2) is 0 Å². The highest BCUT2D eigenvalue weighted by molar-refractivity contribution is 5.68. The van der Waals surface area contributed by atoms with Gasteiger partial charge in [0.15, 0.2) is 5.82 Å². The monoisotopic (exact) mass is 279 g/mol. The largest absolute Gasteiger partial charge is 0.369 e. The van der Waals surface area contributed by atoms with Crippen molar-refractivity contribution in [3.63, 3.8) is 0 Å². The van der Waals surface area contributed by atoms with Crippen LogP contribution in [0.1, 0.15) is 35.2 Å². The molecule has 1 fully saturated rings. The van der Waals surface area contributed by atoms with Crippen molar-refractivity contribution in [1.29, 1.82) is 10.5 Å². The van der Waals surface area contributed by atoms with Gasteiger partial charge in [-0.15, -0.1) is 0 Å². The van der Waals surface area contributed by atoms with Crippen LogP contribution >= 0.6 is 0 Å². The highest BCUT2D eigenvalue weighted by Gasteiger charge is 2.30. The maximum atomic E-state index is 9.26. The molecule has 21 heavy (non-hydrogen) atoms. The molecule has 1 saturated heterocycles. The Bertz CT molecular complexity index is 720. The second kappa shape index (κ2) is 5.26. The molecule has 1 aromatic heterocycles. The molecular weight excluding hydrogens is 266 g/mol. The van der Waals surface area contributed by atoms with Gasteiger partial charge in [-0.05, 0) is 25.5 Å². The molecular formula is C15H13N5O. The highest BCUT2D eigenvalue weighted by atomic mass is 16.5. The highest BCUT2D eigenvalue weighted by Crippen LogP contribution is 2.33. The minimum absolute atomic E-state index is 0.143. The lowest BCUT2D eigenvalue weighted by Gasteiger charge is -2.20. The molecule has 104 valence electrons. The number of nitriles is 2. The average molecular weight is 279 g/mol. The van der Waals surface area contributed by atoms with Gasteiger partial charge in [-0.3, -0.25) is 0 Å². The minimum Gasteiger partial charge on any atom is -0.369 e. The molecule has 0 spiro atoms.